The largest absolute Gasteiger partial charge is 0.347 e. The Labute approximate surface area is 100 Å². The molecule has 1 amide bonds. The smallest absolute Gasteiger partial charge is 0.253 e. The Morgan fingerprint density at radius 3 is 3.06 bits per heavy atom. The first-order valence-corrected chi connectivity index (χ1v) is 5.42. The highest BCUT2D eigenvalue weighted by Gasteiger charge is 2.06. The molecule has 0 aromatic carbocycles. The Balaban J connectivity index is 1.98. The molecule has 0 saturated heterocycles. The van der Waals surface area contributed by atoms with Crippen molar-refractivity contribution < 1.29 is 4.79 Å². The Kier molecular flexibility index (Phi) is 3.31. The monoisotopic (exact) mass is 280 g/mol. The number of rotatable bonds is 3. The minimum atomic E-state index is -0.176. The van der Waals surface area contributed by atoms with E-state index in [4.69, 9.17) is 0 Å². The number of amides is 1. The second-order valence-electron chi connectivity index (χ2n) is 3.11. The van der Waals surface area contributed by atoms with Gasteiger partial charge in [0.2, 0.25) is 0 Å². The normalized spacial score (nSPS) is 10.1. The fourth-order valence-corrected chi connectivity index (χ4v) is 1.56. The molecule has 6 heteroatoms. The number of carbonyl (C=O) groups excluding carboxylic acids is 1. The molecule has 0 radical (unpaired) electrons. The summed E-state index contributed by atoms with van der Waals surface area (Å²) in [7, 11) is 0. The van der Waals surface area contributed by atoms with E-state index in [1.54, 1.807) is 24.7 Å². The average molecular weight is 281 g/mol. The summed E-state index contributed by atoms with van der Waals surface area (Å²) < 4.78 is 0.776. The number of hydrogen-bond donors (Lipinski definition) is 2. The first kappa shape index (κ1) is 10.8. The van der Waals surface area contributed by atoms with Gasteiger partial charge in [-0.2, -0.15) is 0 Å². The van der Waals surface area contributed by atoms with Crippen LogP contribution in [0.25, 0.3) is 0 Å². The predicted molar refractivity (Wildman–Crippen MR) is 61.7 cm³/mol. The van der Waals surface area contributed by atoms with Crippen LogP contribution in [-0.4, -0.2) is 20.9 Å². The Morgan fingerprint density at radius 2 is 2.38 bits per heavy atom. The van der Waals surface area contributed by atoms with Crippen LogP contribution in [0.5, 0.6) is 0 Å². The van der Waals surface area contributed by atoms with Crippen molar-refractivity contribution in [2.75, 3.05) is 0 Å². The van der Waals surface area contributed by atoms with Gasteiger partial charge in [-0.05, 0) is 22.0 Å². The van der Waals surface area contributed by atoms with Crippen LogP contribution >= 0.6 is 15.9 Å². The highest BCUT2D eigenvalue weighted by molar-refractivity contribution is 9.10. The zero-order valence-electron chi connectivity index (χ0n) is 8.27. The molecular weight excluding hydrogens is 272 g/mol. The second kappa shape index (κ2) is 4.89. The average Bonchev–Trinajstić information content (AvgIpc) is 2.78. The minimum Gasteiger partial charge on any atom is -0.347 e. The molecule has 2 aromatic heterocycles. The highest BCUT2D eigenvalue weighted by atomic mass is 79.9. The molecule has 0 saturated carbocycles. The molecule has 0 atom stereocenters. The Morgan fingerprint density at radius 1 is 1.50 bits per heavy atom. The molecule has 2 aromatic rings. The van der Waals surface area contributed by atoms with Gasteiger partial charge in [0.15, 0.2) is 0 Å². The van der Waals surface area contributed by atoms with Gasteiger partial charge in [0, 0.05) is 29.3 Å². The van der Waals surface area contributed by atoms with E-state index in [9.17, 15) is 4.79 Å². The third kappa shape index (κ3) is 2.66. The summed E-state index contributed by atoms with van der Waals surface area (Å²) in [5.74, 6) is 0.543. The molecule has 2 rings (SSSR count). The van der Waals surface area contributed by atoms with E-state index in [1.165, 1.54) is 6.20 Å². The van der Waals surface area contributed by atoms with Crippen molar-refractivity contribution in [2.24, 2.45) is 0 Å². The summed E-state index contributed by atoms with van der Waals surface area (Å²) >= 11 is 3.26. The lowest BCUT2D eigenvalue weighted by molar-refractivity contribution is 0.0949. The van der Waals surface area contributed by atoms with Crippen LogP contribution in [-0.2, 0) is 6.54 Å². The van der Waals surface area contributed by atoms with Gasteiger partial charge in [0.05, 0.1) is 12.1 Å². The topological polar surface area (TPSA) is 70.7 Å². The lowest BCUT2D eigenvalue weighted by Crippen LogP contribution is -2.23. The third-order valence-corrected chi connectivity index (χ3v) is 2.37. The van der Waals surface area contributed by atoms with Crippen LogP contribution in [0.4, 0.5) is 0 Å². The molecule has 82 valence electrons. The number of aromatic nitrogens is 3. The maximum absolute atomic E-state index is 11.7. The lowest BCUT2D eigenvalue weighted by atomic mass is 10.3. The van der Waals surface area contributed by atoms with Crippen molar-refractivity contribution in [1.29, 1.82) is 0 Å². The molecule has 0 fully saturated rings. The van der Waals surface area contributed by atoms with Crippen LogP contribution in [0.2, 0.25) is 0 Å². The molecule has 16 heavy (non-hydrogen) atoms. The number of carbonyl (C=O) groups is 1. The van der Waals surface area contributed by atoms with Crippen molar-refractivity contribution in [3.8, 4) is 0 Å². The van der Waals surface area contributed by atoms with E-state index >= 15 is 0 Å². The first-order chi connectivity index (χ1) is 7.75. The number of imidazole rings is 1. The number of nitrogens with one attached hydrogen (secondary N) is 2. The molecule has 2 heterocycles. The molecule has 0 aliphatic rings. The van der Waals surface area contributed by atoms with E-state index in [0.29, 0.717) is 12.1 Å². The van der Waals surface area contributed by atoms with E-state index in [1.807, 2.05) is 0 Å². The van der Waals surface area contributed by atoms with Crippen molar-refractivity contribution >= 4 is 21.8 Å². The maximum atomic E-state index is 11.7. The van der Waals surface area contributed by atoms with Gasteiger partial charge in [0.25, 0.3) is 5.91 Å². The summed E-state index contributed by atoms with van der Waals surface area (Å²) in [6, 6.07) is 1.71. The van der Waals surface area contributed by atoms with Crippen LogP contribution in [0.15, 0.2) is 35.3 Å². The molecule has 0 spiro atoms. The number of hydrogen-bond acceptors (Lipinski definition) is 3. The van der Waals surface area contributed by atoms with Gasteiger partial charge < -0.3 is 10.3 Å². The highest BCUT2D eigenvalue weighted by Crippen LogP contribution is 2.09. The Hall–Kier alpha value is -1.69. The summed E-state index contributed by atoms with van der Waals surface area (Å²) in [6.45, 7) is 0.373. The van der Waals surface area contributed by atoms with Crippen LogP contribution in [0.1, 0.15) is 16.2 Å². The summed E-state index contributed by atoms with van der Waals surface area (Å²) in [4.78, 5) is 22.5. The van der Waals surface area contributed by atoms with Gasteiger partial charge >= 0.3 is 0 Å². The maximum Gasteiger partial charge on any atom is 0.253 e. The fraction of sp³-hybridized carbons (Fsp3) is 0.100. The summed E-state index contributed by atoms with van der Waals surface area (Å²) in [5.41, 5.74) is 0.515. The zero-order chi connectivity index (χ0) is 11.4. The van der Waals surface area contributed by atoms with Crippen LogP contribution in [0.3, 0.4) is 0 Å². The van der Waals surface area contributed by atoms with E-state index < -0.39 is 0 Å². The second-order valence-corrected chi connectivity index (χ2v) is 4.03. The molecule has 0 aliphatic carbocycles. The molecule has 5 nitrogen and oxygen atoms in total. The standard InChI is InChI=1S/C10H9BrN4O/c11-8-3-7(4-12-5-8)10(16)15-6-9-13-1-2-14-9/h1-5H,6H2,(H,13,14)(H,15,16). The predicted octanol–water partition coefficient (Wildman–Crippen LogP) is 1.50. The number of aromatic amines is 1. The van der Waals surface area contributed by atoms with E-state index in [2.05, 4.69) is 36.2 Å². The van der Waals surface area contributed by atoms with Gasteiger partial charge in [0.1, 0.15) is 5.82 Å². The van der Waals surface area contributed by atoms with Crippen molar-refractivity contribution in [3.05, 3.63) is 46.7 Å². The van der Waals surface area contributed by atoms with Crippen LogP contribution in [0, 0.1) is 0 Å². The van der Waals surface area contributed by atoms with E-state index in [-0.39, 0.29) is 5.91 Å². The van der Waals surface area contributed by atoms with Gasteiger partial charge in [-0.3, -0.25) is 9.78 Å². The fourth-order valence-electron chi connectivity index (χ4n) is 1.20. The van der Waals surface area contributed by atoms with Crippen molar-refractivity contribution in [3.63, 3.8) is 0 Å². The number of halogens is 1. The summed E-state index contributed by atoms with van der Waals surface area (Å²) in [6.07, 6.45) is 6.50. The van der Waals surface area contributed by atoms with Crippen LogP contribution < -0.4 is 5.32 Å². The quantitative estimate of drug-likeness (QED) is 0.895. The van der Waals surface area contributed by atoms with Crippen molar-refractivity contribution in [2.45, 2.75) is 6.54 Å². The number of nitrogens with zero attached hydrogens (tertiary/aromatic N) is 2. The SMILES string of the molecule is O=C(NCc1ncc[nH]1)c1cncc(Br)c1. The molecule has 0 bridgehead atoms. The third-order valence-electron chi connectivity index (χ3n) is 1.94. The summed E-state index contributed by atoms with van der Waals surface area (Å²) in [5, 5.41) is 2.74. The number of pyridine rings is 1. The molecular formula is C10H9BrN4O. The van der Waals surface area contributed by atoms with Gasteiger partial charge in [-0.15, -0.1) is 0 Å². The van der Waals surface area contributed by atoms with E-state index in [0.717, 1.165) is 10.3 Å². The molecule has 2 N–H and O–H groups in total. The lowest BCUT2D eigenvalue weighted by Gasteiger charge is -2.02. The Bertz CT molecular complexity index is 483. The minimum absolute atomic E-state index is 0.176. The molecule has 0 unspecified atom stereocenters. The van der Waals surface area contributed by atoms with Gasteiger partial charge in [-0.25, -0.2) is 4.98 Å². The van der Waals surface area contributed by atoms with Gasteiger partial charge in [-0.1, -0.05) is 0 Å². The number of H-pyrrole nitrogens is 1. The first-order valence-electron chi connectivity index (χ1n) is 4.63. The van der Waals surface area contributed by atoms with Crippen molar-refractivity contribution in [1.82, 2.24) is 20.3 Å². The zero-order valence-corrected chi connectivity index (χ0v) is 9.86. The molecule has 0 aliphatic heterocycles.